The van der Waals surface area contributed by atoms with Gasteiger partial charge in [0.15, 0.2) is 17.0 Å². The van der Waals surface area contributed by atoms with Gasteiger partial charge >= 0.3 is 0 Å². The lowest BCUT2D eigenvalue weighted by molar-refractivity contribution is -0.00418. The van der Waals surface area contributed by atoms with Gasteiger partial charge in [-0.3, -0.25) is 0 Å². The Kier molecular flexibility index (Phi) is 2.65. The lowest BCUT2D eigenvalue weighted by Gasteiger charge is -2.10. The molecule has 0 saturated heterocycles. The molecule has 1 aliphatic carbocycles. The van der Waals surface area contributed by atoms with Crippen LogP contribution in [0.3, 0.4) is 0 Å². The van der Waals surface area contributed by atoms with E-state index in [1.54, 1.807) is 0 Å². The zero-order valence-electron chi connectivity index (χ0n) is 10.1. The van der Waals surface area contributed by atoms with E-state index in [0.717, 1.165) is 0 Å². The highest BCUT2D eigenvalue weighted by Gasteiger charge is 2.30. The first-order chi connectivity index (χ1) is 9.07. The van der Waals surface area contributed by atoms with E-state index < -0.39 is 5.92 Å². The Morgan fingerprint density at radius 3 is 3.00 bits per heavy atom. The smallest absolute Gasteiger partial charge is 0.251 e. The van der Waals surface area contributed by atoms with Gasteiger partial charge in [-0.15, -0.1) is 5.10 Å². The Morgan fingerprint density at radius 2 is 2.16 bits per heavy atom. The van der Waals surface area contributed by atoms with Crippen molar-refractivity contribution >= 4 is 22.7 Å². The Morgan fingerprint density at radius 1 is 1.32 bits per heavy atom. The van der Waals surface area contributed by atoms with E-state index in [9.17, 15) is 8.78 Å². The second-order valence-electron chi connectivity index (χ2n) is 4.54. The van der Waals surface area contributed by atoms with E-state index in [4.69, 9.17) is 5.73 Å². The van der Waals surface area contributed by atoms with Crippen LogP contribution in [-0.2, 0) is 0 Å². The third kappa shape index (κ3) is 2.13. The number of aromatic nitrogens is 5. The van der Waals surface area contributed by atoms with Crippen LogP contribution in [0.25, 0.3) is 16.9 Å². The number of hydrogen-bond donors (Lipinski definition) is 1. The van der Waals surface area contributed by atoms with Gasteiger partial charge in [0.1, 0.15) is 6.33 Å². The highest BCUT2D eigenvalue weighted by Crippen LogP contribution is 2.32. The van der Waals surface area contributed by atoms with Crippen LogP contribution in [0, 0.1) is 0 Å². The molecule has 0 radical (unpaired) electrons. The topological polar surface area (TPSA) is 82.5 Å². The summed E-state index contributed by atoms with van der Waals surface area (Å²) in [5.74, 6) is -2.41. The largest absolute Gasteiger partial charge is 0.382 e. The first-order valence-corrected chi connectivity index (χ1v) is 5.96. The zero-order valence-corrected chi connectivity index (χ0v) is 10.1. The first-order valence-electron chi connectivity index (χ1n) is 5.96. The summed E-state index contributed by atoms with van der Waals surface area (Å²) in [6.07, 6.45) is 3.32. The molecule has 0 saturated carbocycles. The van der Waals surface area contributed by atoms with Gasteiger partial charge in [-0.1, -0.05) is 11.3 Å². The van der Waals surface area contributed by atoms with Crippen molar-refractivity contribution in [2.24, 2.45) is 0 Å². The molecule has 2 N–H and O–H groups in total. The van der Waals surface area contributed by atoms with Gasteiger partial charge in [0, 0.05) is 18.5 Å². The molecule has 0 spiro atoms. The minimum absolute atomic E-state index is 0.114. The third-order valence-corrected chi connectivity index (χ3v) is 3.15. The summed E-state index contributed by atoms with van der Waals surface area (Å²) < 4.78 is 28.1. The van der Waals surface area contributed by atoms with Crippen molar-refractivity contribution in [3.8, 4) is 0 Å². The van der Waals surface area contributed by atoms with Crippen LogP contribution in [0.4, 0.5) is 14.6 Å². The van der Waals surface area contributed by atoms with Crippen LogP contribution in [0.1, 0.15) is 25.7 Å². The predicted molar refractivity (Wildman–Crippen MR) is 65.2 cm³/mol. The molecule has 100 valence electrons. The molecule has 1 aliphatic rings. The molecule has 19 heavy (non-hydrogen) atoms. The zero-order chi connectivity index (χ0) is 13.5. The van der Waals surface area contributed by atoms with Crippen molar-refractivity contribution in [1.82, 2.24) is 25.0 Å². The Bertz CT molecular complexity index is 648. The van der Waals surface area contributed by atoms with E-state index in [-0.39, 0.29) is 18.7 Å². The molecule has 0 amide bonds. The number of allylic oxidation sites excluding steroid dienone is 2. The number of nitrogen functional groups attached to an aromatic ring is 1. The first kappa shape index (κ1) is 11.9. The maximum atomic E-state index is 13.3. The minimum Gasteiger partial charge on any atom is -0.382 e. The lowest BCUT2D eigenvalue weighted by Crippen LogP contribution is -2.12. The molecular formula is C11H12F2N6. The maximum Gasteiger partial charge on any atom is 0.251 e. The molecular weight excluding hydrogens is 254 g/mol. The summed E-state index contributed by atoms with van der Waals surface area (Å²) in [5, 5.41) is 7.84. The molecule has 0 aliphatic heterocycles. The van der Waals surface area contributed by atoms with Crippen LogP contribution in [0.5, 0.6) is 0 Å². The second-order valence-corrected chi connectivity index (χ2v) is 4.54. The Balaban J connectivity index is 2.05. The molecule has 0 fully saturated rings. The predicted octanol–water partition coefficient (Wildman–Crippen LogP) is 1.85. The number of nitrogens with two attached hydrogens (primary N) is 1. The van der Waals surface area contributed by atoms with E-state index in [0.29, 0.717) is 29.7 Å². The standard InChI is InChI=1S/C11H12F2N6/c12-11(13)4-1-2-7(3-5-11)19-10-8(17-18-19)9(14)15-6-16-10/h3,6H,1-2,4-5H2,(H2,14,15,16). The fourth-order valence-electron chi connectivity index (χ4n) is 2.15. The van der Waals surface area contributed by atoms with Gasteiger partial charge in [0.25, 0.3) is 5.92 Å². The minimum atomic E-state index is -2.65. The van der Waals surface area contributed by atoms with E-state index in [1.165, 1.54) is 17.1 Å². The molecule has 3 rings (SSSR count). The number of rotatable bonds is 1. The average Bonchev–Trinajstić information content (AvgIpc) is 2.71. The quantitative estimate of drug-likeness (QED) is 0.851. The number of alkyl halides is 2. The van der Waals surface area contributed by atoms with Gasteiger partial charge in [-0.05, 0) is 12.8 Å². The summed E-state index contributed by atoms with van der Waals surface area (Å²) >= 11 is 0. The average molecular weight is 266 g/mol. The molecule has 0 atom stereocenters. The Labute approximate surface area is 107 Å². The summed E-state index contributed by atoms with van der Waals surface area (Å²) in [6.45, 7) is 0. The normalized spacial score (nSPS) is 19.2. The summed E-state index contributed by atoms with van der Waals surface area (Å²) in [6, 6.07) is 0. The number of fused-ring (bicyclic) bond motifs is 1. The third-order valence-electron chi connectivity index (χ3n) is 3.15. The fourth-order valence-corrected chi connectivity index (χ4v) is 2.15. The molecule has 2 heterocycles. The van der Waals surface area contributed by atoms with E-state index >= 15 is 0 Å². The number of halogens is 2. The van der Waals surface area contributed by atoms with Gasteiger partial charge in [-0.2, -0.15) is 4.68 Å². The van der Waals surface area contributed by atoms with Crippen molar-refractivity contribution < 1.29 is 8.78 Å². The highest BCUT2D eigenvalue weighted by atomic mass is 19.3. The molecule has 8 heteroatoms. The van der Waals surface area contributed by atoms with Crippen LogP contribution in [-0.4, -0.2) is 30.9 Å². The number of anilines is 1. The molecule has 0 unspecified atom stereocenters. The SMILES string of the molecule is Nc1ncnc2c1nnn2C1=CCC(F)(F)CCC1. The van der Waals surface area contributed by atoms with Crippen LogP contribution in [0.15, 0.2) is 12.4 Å². The van der Waals surface area contributed by atoms with Crippen LogP contribution in [0.2, 0.25) is 0 Å². The van der Waals surface area contributed by atoms with Crippen LogP contribution >= 0.6 is 0 Å². The van der Waals surface area contributed by atoms with Crippen molar-refractivity contribution in [3.05, 3.63) is 12.4 Å². The van der Waals surface area contributed by atoms with E-state index in [1.807, 2.05) is 0 Å². The van der Waals surface area contributed by atoms with Crippen molar-refractivity contribution in [2.75, 3.05) is 5.73 Å². The molecule has 2 aromatic rings. The summed E-state index contributed by atoms with van der Waals surface area (Å²) in [5.41, 5.74) is 7.18. The maximum absolute atomic E-state index is 13.3. The van der Waals surface area contributed by atoms with Crippen molar-refractivity contribution in [2.45, 2.75) is 31.6 Å². The monoisotopic (exact) mass is 266 g/mol. The van der Waals surface area contributed by atoms with Crippen molar-refractivity contribution in [1.29, 1.82) is 0 Å². The van der Waals surface area contributed by atoms with Gasteiger partial charge in [0.2, 0.25) is 0 Å². The second kappa shape index (κ2) is 4.22. The fraction of sp³-hybridized carbons (Fsp3) is 0.455. The van der Waals surface area contributed by atoms with Gasteiger partial charge in [0.05, 0.1) is 0 Å². The molecule has 2 aromatic heterocycles. The highest BCUT2D eigenvalue weighted by molar-refractivity contribution is 5.82. The van der Waals surface area contributed by atoms with Crippen molar-refractivity contribution in [3.63, 3.8) is 0 Å². The van der Waals surface area contributed by atoms with E-state index in [2.05, 4.69) is 20.3 Å². The van der Waals surface area contributed by atoms with Gasteiger partial charge < -0.3 is 5.73 Å². The lowest BCUT2D eigenvalue weighted by atomic mass is 10.1. The molecule has 6 nitrogen and oxygen atoms in total. The number of nitrogens with zero attached hydrogens (tertiary/aromatic N) is 5. The van der Waals surface area contributed by atoms with Crippen LogP contribution < -0.4 is 5.73 Å². The molecule has 0 aromatic carbocycles. The summed E-state index contributed by atoms with van der Waals surface area (Å²) in [7, 11) is 0. The number of hydrogen-bond acceptors (Lipinski definition) is 5. The van der Waals surface area contributed by atoms with Gasteiger partial charge in [-0.25, -0.2) is 18.7 Å². The Hall–Kier alpha value is -2.12. The summed E-state index contributed by atoms with van der Waals surface area (Å²) in [4.78, 5) is 7.88. The molecule has 0 bridgehead atoms.